The minimum absolute atomic E-state index is 0.0775. The van der Waals surface area contributed by atoms with Gasteiger partial charge >= 0.3 is 0 Å². The van der Waals surface area contributed by atoms with Crippen LogP contribution < -0.4 is 10.2 Å². The molecule has 1 heterocycles. The number of hydrogen-bond donors (Lipinski definition) is 2. The third-order valence-corrected chi connectivity index (χ3v) is 2.77. The molecule has 0 aliphatic carbocycles. The van der Waals surface area contributed by atoms with Gasteiger partial charge in [-0.05, 0) is 26.1 Å². The van der Waals surface area contributed by atoms with Crippen molar-refractivity contribution in [3.8, 4) is 5.75 Å². The zero-order chi connectivity index (χ0) is 12.4. The molecule has 1 aliphatic rings. The maximum Gasteiger partial charge on any atom is 0.274 e. The van der Waals surface area contributed by atoms with Gasteiger partial charge in [-0.1, -0.05) is 6.07 Å². The highest BCUT2D eigenvalue weighted by Crippen LogP contribution is 2.25. The van der Waals surface area contributed by atoms with Gasteiger partial charge in [-0.15, -0.1) is 0 Å². The van der Waals surface area contributed by atoms with Crippen molar-refractivity contribution in [2.24, 2.45) is 0 Å². The molecule has 17 heavy (non-hydrogen) atoms. The predicted molar refractivity (Wildman–Crippen MR) is 62.1 cm³/mol. The Balaban J connectivity index is 2.34. The summed E-state index contributed by atoms with van der Waals surface area (Å²) in [7, 11) is 2.03. The highest BCUT2D eigenvalue weighted by Gasteiger charge is 2.18. The quantitative estimate of drug-likeness (QED) is 0.564. The first-order chi connectivity index (χ1) is 8.10. The van der Waals surface area contributed by atoms with Crippen molar-refractivity contribution in [2.75, 3.05) is 13.6 Å². The van der Waals surface area contributed by atoms with Gasteiger partial charge in [-0.2, -0.15) is 0 Å². The molecule has 1 aliphatic heterocycles. The maximum atomic E-state index is 11.3. The minimum Gasteiger partial charge on any atom is -0.489 e. The average Bonchev–Trinajstić information content (AvgIpc) is 2.43. The molecule has 5 heteroatoms. The Kier molecular flexibility index (Phi) is 3.31. The van der Waals surface area contributed by atoms with Crippen molar-refractivity contribution in [1.29, 1.82) is 0 Å². The number of rotatable bonds is 1. The Morgan fingerprint density at radius 3 is 3.06 bits per heavy atom. The molecule has 1 amide bonds. The lowest BCUT2D eigenvalue weighted by Gasteiger charge is -2.15. The third kappa shape index (κ3) is 2.57. The number of likely N-dealkylation sites (N-methyl/N-ethyl adjacent to an activating group) is 1. The fourth-order valence-corrected chi connectivity index (χ4v) is 2.05. The van der Waals surface area contributed by atoms with E-state index >= 15 is 0 Å². The second-order valence-electron chi connectivity index (χ2n) is 4.39. The molecule has 0 spiro atoms. The van der Waals surface area contributed by atoms with E-state index in [1.807, 2.05) is 20.0 Å². The molecule has 1 aromatic rings. The van der Waals surface area contributed by atoms with Crippen LogP contribution in [0.2, 0.25) is 0 Å². The number of amides is 1. The van der Waals surface area contributed by atoms with Gasteiger partial charge < -0.3 is 4.74 Å². The van der Waals surface area contributed by atoms with E-state index in [4.69, 9.17) is 9.94 Å². The summed E-state index contributed by atoms with van der Waals surface area (Å²) in [5.41, 5.74) is 3.06. The second kappa shape index (κ2) is 4.73. The number of ether oxygens (including phenoxy) is 1. The van der Waals surface area contributed by atoms with E-state index in [-0.39, 0.29) is 6.10 Å². The largest absolute Gasteiger partial charge is 0.489 e. The fraction of sp³-hybridized carbons (Fsp3) is 0.417. The lowest BCUT2D eigenvalue weighted by atomic mass is 10.1. The molecule has 92 valence electrons. The van der Waals surface area contributed by atoms with Gasteiger partial charge in [0.1, 0.15) is 11.9 Å². The van der Waals surface area contributed by atoms with Crippen LogP contribution in [0, 0.1) is 0 Å². The Morgan fingerprint density at radius 1 is 1.59 bits per heavy atom. The lowest BCUT2D eigenvalue weighted by molar-refractivity contribution is 0.0705. The predicted octanol–water partition coefficient (Wildman–Crippen LogP) is 1.02. The normalized spacial score (nSPS) is 20.1. The first-order valence-corrected chi connectivity index (χ1v) is 5.52. The smallest absolute Gasteiger partial charge is 0.274 e. The van der Waals surface area contributed by atoms with Crippen molar-refractivity contribution in [3.05, 3.63) is 29.3 Å². The van der Waals surface area contributed by atoms with Crippen LogP contribution in [0.3, 0.4) is 0 Å². The molecule has 2 rings (SSSR count). The van der Waals surface area contributed by atoms with E-state index in [0.29, 0.717) is 11.3 Å². The molecule has 5 nitrogen and oxygen atoms in total. The molecule has 0 bridgehead atoms. The van der Waals surface area contributed by atoms with Gasteiger partial charge in [-0.3, -0.25) is 14.9 Å². The van der Waals surface area contributed by atoms with E-state index < -0.39 is 5.91 Å². The molecule has 2 N–H and O–H groups in total. The Bertz CT molecular complexity index is 434. The van der Waals surface area contributed by atoms with E-state index in [1.54, 1.807) is 17.6 Å². The first-order valence-electron chi connectivity index (χ1n) is 5.52. The van der Waals surface area contributed by atoms with Gasteiger partial charge in [0.2, 0.25) is 0 Å². The monoisotopic (exact) mass is 236 g/mol. The Hall–Kier alpha value is -1.59. The molecule has 1 aromatic carbocycles. The standard InChI is InChI=1S/C12H16N2O3/c1-8-6-14(2)7-10-4-3-9(12(15)13-16)5-11(10)17-8/h3-5,8,16H,6-7H2,1-2H3,(H,13,15)/t8-/m1/s1. The summed E-state index contributed by atoms with van der Waals surface area (Å²) in [5, 5.41) is 8.59. The van der Waals surface area contributed by atoms with Crippen molar-refractivity contribution in [3.63, 3.8) is 0 Å². The lowest BCUT2D eigenvalue weighted by Crippen LogP contribution is -2.27. The summed E-state index contributed by atoms with van der Waals surface area (Å²) in [6, 6.07) is 5.20. The van der Waals surface area contributed by atoms with Crippen LogP contribution in [-0.4, -0.2) is 35.7 Å². The van der Waals surface area contributed by atoms with Gasteiger partial charge in [-0.25, -0.2) is 5.48 Å². The zero-order valence-corrected chi connectivity index (χ0v) is 9.93. The number of hydroxylamine groups is 1. The Morgan fingerprint density at radius 2 is 2.35 bits per heavy atom. The van der Waals surface area contributed by atoms with Gasteiger partial charge in [0.15, 0.2) is 0 Å². The van der Waals surface area contributed by atoms with Crippen molar-refractivity contribution in [2.45, 2.75) is 19.6 Å². The summed E-state index contributed by atoms with van der Waals surface area (Å²) in [4.78, 5) is 13.5. The summed E-state index contributed by atoms with van der Waals surface area (Å²) < 4.78 is 5.76. The SMILES string of the molecule is C[C@@H]1CN(C)Cc2ccc(C(=O)NO)cc2O1. The van der Waals surface area contributed by atoms with Crippen LogP contribution in [0.1, 0.15) is 22.8 Å². The van der Waals surface area contributed by atoms with Crippen LogP contribution >= 0.6 is 0 Å². The van der Waals surface area contributed by atoms with Gasteiger partial charge in [0.25, 0.3) is 5.91 Å². The van der Waals surface area contributed by atoms with Gasteiger partial charge in [0, 0.05) is 24.2 Å². The van der Waals surface area contributed by atoms with Crippen molar-refractivity contribution >= 4 is 5.91 Å². The molecular weight excluding hydrogens is 220 g/mol. The van der Waals surface area contributed by atoms with Crippen molar-refractivity contribution in [1.82, 2.24) is 10.4 Å². The number of fused-ring (bicyclic) bond motifs is 1. The third-order valence-electron chi connectivity index (χ3n) is 2.77. The van der Waals surface area contributed by atoms with E-state index in [1.165, 1.54) is 0 Å². The molecule has 0 aromatic heterocycles. The van der Waals surface area contributed by atoms with E-state index in [2.05, 4.69) is 4.90 Å². The Labute approximate surface area is 99.9 Å². The number of nitrogens with one attached hydrogen (secondary N) is 1. The van der Waals surface area contributed by atoms with Crippen LogP contribution in [0.15, 0.2) is 18.2 Å². The zero-order valence-electron chi connectivity index (χ0n) is 9.93. The maximum absolute atomic E-state index is 11.3. The number of carbonyl (C=O) groups excluding carboxylic acids is 1. The summed E-state index contributed by atoms with van der Waals surface area (Å²) >= 11 is 0. The fourth-order valence-electron chi connectivity index (χ4n) is 2.05. The molecule has 1 atom stereocenters. The van der Waals surface area contributed by atoms with Crippen LogP contribution in [0.5, 0.6) is 5.75 Å². The second-order valence-corrected chi connectivity index (χ2v) is 4.39. The van der Waals surface area contributed by atoms with Crippen LogP contribution in [0.4, 0.5) is 0 Å². The molecule has 0 fully saturated rings. The summed E-state index contributed by atoms with van der Waals surface area (Å²) in [6.45, 7) is 3.63. The first kappa shape index (κ1) is 11.9. The van der Waals surface area contributed by atoms with E-state index in [9.17, 15) is 4.79 Å². The van der Waals surface area contributed by atoms with Crippen molar-refractivity contribution < 1.29 is 14.7 Å². The molecule has 0 radical (unpaired) electrons. The minimum atomic E-state index is -0.526. The highest BCUT2D eigenvalue weighted by molar-refractivity contribution is 5.93. The topological polar surface area (TPSA) is 61.8 Å². The number of benzene rings is 1. The molecule has 0 saturated carbocycles. The molecule has 0 saturated heterocycles. The van der Waals surface area contributed by atoms with Crippen LogP contribution in [0.25, 0.3) is 0 Å². The average molecular weight is 236 g/mol. The highest BCUT2D eigenvalue weighted by atomic mass is 16.5. The summed E-state index contributed by atoms with van der Waals surface area (Å²) in [6.07, 6.45) is 0.0775. The summed E-state index contributed by atoms with van der Waals surface area (Å²) in [5.74, 6) is 0.185. The number of nitrogens with zero attached hydrogens (tertiary/aromatic N) is 1. The molecule has 0 unspecified atom stereocenters. The number of carbonyl (C=O) groups is 1. The van der Waals surface area contributed by atoms with Gasteiger partial charge in [0.05, 0.1) is 0 Å². The van der Waals surface area contributed by atoms with E-state index in [0.717, 1.165) is 18.7 Å². The number of hydrogen-bond acceptors (Lipinski definition) is 4. The van der Waals surface area contributed by atoms with Crippen LogP contribution in [-0.2, 0) is 6.54 Å². The molecular formula is C12H16N2O3.